The number of carbonyl (C=O) groups is 1. The van der Waals surface area contributed by atoms with Crippen molar-refractivity contribution in [3.05, 3.63) is 48.6 Å². The molecule has 0 aliphatic heterocycles. The van der Waals surface area contributed by atoms with Crippen molar-refractivity contribution in [2.24, 2.45) is 17.8 Å². The summed E-state index contributed by atoms with van der Waals surface area (Å²) in [4.78, 5) is 11.4. The number of carbonyl (C=O) groups excluding carboxylic acids is 1. The molecule has 3 N–H and O–H groups in total. The van der Waals surface area contributed by atoms with Crippen LogP contribution in [0.15, 0.2) is 48.6 Å². The lowest BCUT2D eigenvalue weighted by molar-refractivity contribution is -0.134. The van der Waals surface area contributed by atoms with Crippen LogP contribution in [0.2, 0.25) is 0 Å². The third kappa shape index (κ3) is 5.90. The number of aliphatic hydroxyl groups excluding tert-OH is 3. The average Bonchev–Trinajstić information content (AvgIpc) is 2.53. The topological polar surface area (TPSA) is 77.8 Å². The molecular formula is C19H28O4. The van der Waals surface area contributed by atoms with Gasteiger partial charge in [-0.2, -0.15) is 0 Å². The zero-order valence-electron chi connectivity index (χ0n) is 14.0. The van der Waals surface area contributed by atoms with Crippen LogP contribution in [-0.4, -0.2) is 39.4 Å². The molecule has 1 aliphatic carbocycles. The number of rotatable bonds is 7. The Morgan fingerprint density at radius 2 is 1.83 bits per heavy atom. The summed E-state index contributed by atoms with van der Waals surface area (Å²) in [5, 5.41) is 29.8. The van der Waals surface area contributed by atoms with Crippen LogP contribution in [0.1, 0.15) is 27.2 Å². The Morgan fingerprint density at radius 1 is 1.17 bits per heavy atom. The molecule has 23 heavy (non-hydrogen) atoms. The van der Waals surface area contributed by atoms with E-state index in [2.05, 4.69) is 19.9 Å². The van der Waals surface area contributed by atoms with E-state index in [4.69, 9.17) is 0 Å². The first kappa shape index (κ1) is 19.6. The predicted molar refractivity (Wildman–Crippen MR) is 91.7 cm³/mol. The molecule has 0 saturated heterocycles. The van der Waals surface area contributed by atoms with Crippen LogP contribution in [0.25, 0.3) is 0 Å². The molecule has 4 heteroatoms. The molecule has 2 unspecified atom stereocenters. The van der Waals surface area contributed by atoms with E-state index in [1.54, 1.807) is 6.08 Å². The first-order valence-corrected chi connectivity index (χ1v) is 8.13. The summed E-state index contributed by atoms with van der Waals surface area (Å²) in [6, 6.07) is 0. The van der Waals surface area contributed by atoms with Gasteiger partial charge in [0.05, 0.1) is 12.2 Å². The Bertz CT molecular complexity index is 490. The van der Waals surface area contributed by atoms with E-state index in [0.717, 1.165) is 6.42 Å². The zero-order valence-corrected chi connectivity index (χ0v) is 14.0. The van der Waals surface area contributed by atoms with Crippen molar-refractivity contribution >= 4 is 5.78 Å². The molecule has 6 atom stereocenters. The van der Waals surface area contributed by atoms with Gasteiger partial charge in [0.15, 0.2) is 5.78 Å². The molecule has 0 radical (unpaired) electrons. The van der Waals surface area contributed by atoms with E-state index in [1.165, 1.54) is 13.0 Å². The Hall–Kier alpha value is -1.49. The van der Waals surface area contributed by atoms with Crippen molar-refractivity contribution in [3.8, 4) is 0 Å². The number of aliphatic hydroxyl groups is 3. The first-order valence-electron chi connectivity index (χ1n) is 8.13. The van der Waals surface area contributed by atoms with Gasteiger partial charge in [-0.15, -0.1) is 0 Å². The van der Waals surface area contributed by atoms with Gasteiger partial charge >= 0.3 is 0 Å². The zero-order chi connectivity index (χ0) is 17.4. The van der Waals surface area contributed by atoms with Crippen LogP contribution >= 0.6 is 0 Å². The highest BCUT2D eigenvalue weighted by Crippen LogP contribution is 2.30. The molecule has 0 saturated carbocycles. The minimum absolute atomic E-state index is 0.310. The van der Waals surface area contributed by atoms with E-state index < -0.39 is 30.0 Å². The van der Waals surface area contributed by atoms with Gasteiger partial charge in [-0.1, -0.05) is 68.9 Å². The number of hydrogen-bond acceptors (Lipinski definition) is 4. The van der Waals surface area contributed by atoms with Crippen molar-refractivity contribution in [1.29, 1.82) is 0 Å². The predicted octanol–water partition coefficient (Wildman–Crippen LogP) is 2.17. The summed E-state index contributed by atoms with van der Waals surface area (Å²) in [5.74, 6) is -0.929. The van der Waals surface area contributed by atoms with Gasteiger partial charge in [0, 0.05) is 11.8 Å². The monoisotopic (exact) mass is 320 g/mol. The third-order valence-electron chi connectivity index (χ3n) is 4.25. The molecule has 0 fully saturated rings. The maximum atomic E-state index is 11.4. The second-order valence-electron chi connectivity index (χ2n) is 6.12. The Morgan fingerprint density at radius 3 is 2.43 bits per heavy atom. The van der Waals surface area contributed by atoms with Crippen molar-refractivity contribution in [2.75, 3.05) is 0 Å². The lowest BCUT2D eigenvalue weighted by Crippen LogP contribution is -2.47. The molecular weight excluding hydrogens is 292 g/mol. The average molecular weight is 320 g/mol. The van der Waals surface area contributed by atoms with Crippen molar-refractivity contribution in [3.63, 3.8) is 0 Å². The van der Waals surface area contributed by atoms with E-state index in [-0.39, 0.29) is 5.92 Å². The van der Waals surface area contributed by atoms with Crippen molar-refractivity contribution in [2.45, 2.75) is 45.5 Å². The smallest absolute Gasteiger partial charge is 0.158 e. The van der Waals surface area contributed by atoms with Crippen LogP contribution in [0.3, 0.4) is 0 Å². The lowest BCUT2D eigenvalue weighted by Gasteiger charge is -2.35. The Labute approximate surface area is 138 Å². The standard InChI is InChI=1S/C19H28O4/c1-4-13(2)9-7-5-6-8-10-15-11-12-16(21)19(23)17(15)18(22)14(3)20/h5-13,15-19,21-23H,4H2,1-3H3/b6-5+,9-7+,10-8+/t13?,15-,16-,17-,18?,19+/m0/s1. The minimum Gasteiger partial charge on any atom is -0.390 e. The molecule has 1 rings (SSSR count). The van der Waals surface area contributed by atoms with Crippen molar-refractivity contribution in [1.82, 2.24) is 0 Å². The van der Waals surface area contributed by atoms with Crippen LogP contribution in [0, 0.1) is 17.8 Å². The van der Waals surface area contributed by atoms with E-state index >= 15 is 0 Å². The molecule has 0 bridgehead atoms. The molecule has 4 nitrogen and oxygen atoms in total. The number of Topliss-reactive ketones (excluding diaryl/α,β-unsaturated/α-hetero) is 1. The SMILES string of the molecule is CCC(C)/C=C/C=C/C=C/[C@H]1C=C[C@H](O)[C@@H](O)[C@@H]1C(O)C(C)=O. The van der Waals surface area contributed by atoms with Crippen LogP contribution in [0.5, 0.6) is 0 Å². The molecule has 0 heterocycles. The first-order chi connectivity index (χ1) is 10.9. The summed E-state index contributed by atoms with van der Waals surface area (Å²) >= 11 is 0. The fraction of sp³-hybridized carbons (Fsp3) is 0.526. The van der Waals surface area contributed by atoms with Crippen LogP contribution < -0.4 is 0 Å². The highest BCUT2D eigenvalue weighted by molar-refractivity contribution is 5.80. The summed E-state index contributed by atoms with van der Waals surface area (Å²) in [5.41, 5.74) is 0. The summed E-state index contributed by atoms with van der Waals surface area (Å²) in [6.07, 6.45) is 12.3. The molecule has 1 aliphatic rings. The van der Waals surface area contributed by atoms with Gasteiger partial charge < -0.3 is 15.3 Å². The number of hydrogen-bond donors (Lipinski definition) is 3. The highest BCUT2D eigenvalue weighted by Gasteiger charge is 2.39. The summed E-state index contributed by atoms with van der Waals surface area (Å²) in [6.45, 7) is 5.56. The second-order valence-corrected chi connectivity index (χ2v) is 6.12. The Balaban J connectivity index is 2.77. The van der Waals surface area contributed by atoms with E-state index in [1.807, 2.05) is 30.4 Å². The maximum Gasteiger partial charge on any atom is 0.158 e. The number of ketones is 1. The van der Waals surface area contributed by atoms with Gasteiger partial charge in [0.1, 0.15) is 6.10 Å². The van der Waals surface area contributed by atoms with Gasteiger partial charge in [-0.3, -0.25) is 4.79 Å². The summed E-state index contributed by atoms with van der Waals surface area (Å²) in [7, 11) is 0. The van der Waals surface area contributed by atoms with E-state index in [0.29, 0.717) is 5.92 Å². The molecule has 128 valence electrons. The van der Waals surface area contributed by atoms with Gasteiger partial charge in [-0.05, 0) is 12.8 Å². The normalized spacial score (nSPS) is 31.2. The molecule has 0 amide bonds. The minimum atomic E-state index is -1.30. The molecule has 0 aromatic rings. The van der Waals surface area contributed by atoms with Gasteiger partial charge in [-0.25, -0.2) is 0 Å². The van der Waals surface area contributed by atoms with Crippen molar-refractivity contribution < 1.29 is 20.1 Å². The largest absolute Gasteiger partial charge is 0.390 e. The van der Waals surface area contributed by atoms with Gasteiger partial charge in [0.25, 0.3) is 0 Å². The fourth-order valence-corrected chi connectivity index (χ4v) is 2.51. The lowest BCUT2D eigenvalue weighted by atomic mass is 9.76. The van der Waals surface area contributed by atoms with Crippen LogP contribution in [0.4, 0.5) is 0 Å². The third-order valence-corrected chi connectivity index (χ3v) is 4.25. The van der Waals surface area contributed by atoms with Gasteiger partial charge in [0.2, 0.25) is 0 Å². The second kappa shape index (κ2) is 9.60. The fourth-order valence-electron chi connectivity index (χ4n) is 2.51. The molecule has 0 aromatic carbocycles. The maximum absolute atomic E-state index is 11.4. The molecule has 0 aromatic heterocycles. The molecule has 0 spiro atoms. The number of allylic oxidation sites excluding steroid dienone is 7. The Kier molecular flexibility index (Phi) is 8.17. The summed E-state index contributed by atoms with van der Waals surface area (Å²) < 4.78 is 0. The quantitative estimate of drug-likeness (QED) is 0.496. The van der Waals surface area contributed by atoms with Crippen LogP contribution in [-0.2, 0) is 4.79 Å². The van der Waals surface area contributed by atoms with E-state index in [9.17, 15) is 20.1 Å². The highest BCUT2D eigenvalue weighted by atomic mass is 16.3.